The van der Waals surface area contributed by atoms with Crippen LogP contribution in [0.25, 0.3) is 28.4 Å². The lowest BCUT2D eigenvalue weighted by Gasteiger charge is -2.10. The number of hydrogen-bond acceptors (Lipinski definition) is 6. The van der Waals surface area contributed by atoms with E-state index in [4.69, 9.17) is 16.6 Å². The van der Waals surface area contributed by atoms with Gasteiger partial charge in [0, 0.05) is 11.6 Å². The summed E-state index contributed by atoms with van der Waals surface area (Å²) in [6.07, 6.45) is 2.97. The van der Waals surface area contributed by atoms with Gasteiger partial charge in [-0.3, -0.25) is 10.1 Å². The minimum Gasteiger partial charge on any atom is -0.457 e. The number of hydrogen-bond donors (Lipinski definition) is 2. The molecule has 0 aliphatic carbocycles. The van der Waals surface area contributed by atoms with Crippen molar-refractivity contribution in [3.63, 3.8) is 0 Å². The van der Waals surface area contributed by atoms with Crippen LogP contribution in [0.4, 0.5) is 5.69 Å². The van der Waals surface area contributed by atoms with Crippen molar-refractivity contribution in [3.8, 4) is 11.3 Å². The molecule has 2 aromatic carbocycles. The lowest BCUT2D eigenvalue weighted by Crippen LogP contribution is -2.33. The van der Waals surface area contributed by atoms with E-state index in [0.717, 1.165) is 45.3 Å². The van der Waals surface area contributed by atoms with Crippen LogP contribution in [-0.4, -0.2) is 19.8 Å². The van der Waals surface area contributed by atoms with Crippen molar-refractivity contribution in [2.45, 2.75) is 6.92 Å². The molecule has 0 saturated carbocycles. The van der Waals surface area contributed by atoms with Gasteiger partial charge in [-0.15, -0.1) is 0 Å². The average molecular weight is 421 g/mol. The molecule has 0 saturated heterocycles. The first-order valence-corrected chi connectivity index (χ1v) is 9.91. The van der Waals surface area contributed by atoms with Crippen molar-refractivity contribution >= 4 is 57.8 Å². The Balaban J connectivity index is 1.39. The zero-order valence-electron chi connectivity index (χ0n) is 15.4. The highest BCUT2D eigenvalue weighted by Gasteiger charge is 2.11. The molecule has 8 heteroatoms. The summed E-state index contributed by atoms with van der Waals surface area (Å²) < 4.78 is 14.2. The van der Waals surface area contributed by atoms with Crippen LogP contribution in [0.15, 0.2) is 65.1 Å². The van der Waals surface area contributed by atoms with Crippen molar-refractivity contribution in [2.75, 3.05) is 5.32 Å². The van der Waals surface area contributed by atoms with Gasteiger partial charge in [0.1, 0.15) is 22.6 Å². The second-order valence-corrected chi connectivity index (χ2v) is 7.17. The van der Waals surface area contributed by atoms with Crippen LogP contribution >= 0.6 is 23.9 Å². The highest BCUT2D eigenvalue weighted by molar-refractivity contribution is 7.80. The van der Waals surface area contributed by atoms with Crippen LogP contribution in [0.1, 0.15) is 11.3 Å². The molecule has 29 heavy (non-hydrogen) atoms. The fourth-order valence-corrected chi connectivity index (χ4v) is 3.51. The van der Waals surface area contributed by atoms with E-state index in [2.05, 4.69) is 19.4 Å². The monoisotopic (exact) mass is 420 g/mol. The number of fused-ring (bicyclic) bond motifs is 1. The molecular formula is C21H16N4O2S2. The second-order valence-electron chi connectivity index (χ2n) is 6.23. The van der Waals surface area contributed by atoms with E-state index in [9.17, 15) is 4.79 Å². The van der Waals surface area contributed by atoms with Gasteiger partial charge in [0.25, 0.3) is 0 Å². The lowest BCUT2D eigenvalue weighted by atomic mass is 10.1. The normalized spacial score (nSPS) is 11.1. The van der Waals surface area contributed by atoms with Gasteiger partial charge in [-0.2, -0.15) is 8.75 Å². The fourth-order valence-electron chi connectivity index (χ4n) is 2.77. The van der Waals surface area contributed by atoms with E-state index in [1.54, 1.807) is 6.08 Å². The third kappa shape index (κ3) is 4.39. The smallest absolute Gasteiger partial charge is 0.250 e. The number of nitrogens with zero attached hydrogens (tertiary/aromatic N) is 2. The quantitative estimate of drug-likeness (QED) is 0.365. The van der Waals surface area contributed by atoms with Crippen molar-refractivity contribution < 1.29 is 9.21 Å². The molecule has 4 aromatic rings. The van der Waals surface area contributed by atoms with Gasteiger partial charge in [-0.1, -0.05) is 36.4 Å². The molecule has 6 nitrogen and oxygen atoms in total. The second kappa shape index (κ2) is 8.34. The summed E-state index contributed by atoms with van der Waals surface area (Å²) in [7, 11) is 0. The molecule has 0 aliphatic heterocycles. The number of aromatic nitrogens is 2. The van der Waals surface area contributed by atoms with Crippen LogP contribution in [-0.2, 0) is 4.79 Å². The van der Waals surface area contributed by atoms with Crippen LogP contribution < -0.4 is 10.6 Å². The minimum absolute atomic E-state index is 0.188. The van der Waals surface area contributed by atoms with Gasteiger partial charge in [-0.25, -0.2) is 0 Å². The zero-order valence-corrected chi connectivity index (χ0v) is 17.0. The van der Waals surface area contributed by atoms with E-state index in [1.165, 1.54) is 6.08 Å². The first kappa shape index (κ1) is 19.0. The number of furan rings is 1. The predicted molar refractivity (Wildman–Crippen MR) is 120 cm³/mol. The summed E-state index contributed by atoms with van der Waals surface area (Å²) >= 11 is 6.39. The van der Waals surface area contributed by atoms with E-state index >= 15 is 0 Å². The van der Waals surface area contributed by atoms with Crippen LogP contribution in [0.5, 0.6) is 0 Å². The van der Waals surface area contributed by atoms with Crippen molar-refractivity contribution in [1.82, 2.24) is 14.1 Å². The third-order valence-corrected chi connectivity index (χ3v) is 4.94. The van der Waals surface area contributed by atoms with E-state index in [1.807, 2.05) is 61.5 Å². The van der Waals surface area contributed by atoms with Crippen LogP contribution in [0.2, 0.25) is 0 Å². The minimum atomic E-state index is -0.360. The molecule has 0 atom stereocenters. The molecule has 4 rings (SSSR count). The number of benzene rings is 2. The highest BCUT2D eigenvalue weighted by atomic mass is 32.1. The summed E-state index contributed by atoms with van der Waals surface area (Å²) in [6.45, 7) is 1.94. The predicted octanol–water partition coefficient (Wildman–Crippen LogP) is 4.79. The maximum absolute atomic E-state index is 12.2. The largest absolute Gasteiger partial charge is 0.457 e. The fraction of sp³-hybridized carbons (Fsp3) is 0.0476. The number of rotatable bonds is 4. The molecule has 2 aromatic heterocycles. The highest BCUT2D eigenvalue weighted by Crippen LogP contribution is 2.25. The van der Waals surface area contributed by atoms with E-state index in [-0.39, 0.29) is 11.0 Å². The Morgan fingerprint density at radius 2 is 1.93 bits per heavy atom. The first-order valence-electron chi connectivity index (χ1n) is 8.77. The van der Waals surface area contributed by atoms with Crippen LogP contribution in [0, 0.1) is 6.92 Å². The van der Waals surface area contributed by atoms with Crippen molar-refractivity contribution in [2.24, 2.45) is 0 Å². The molecular weight excluding hydrogens is 404 g/mol. The summed E-state index contributed by atoms with van der Waals surface area (Å²) in [4.78, 5) is 12.2. The first-order chi connectivity index (χ1) is 14.1. The number of anilines is 1. The summed E-state index contributed by atoms with van der Waals surface area (Å²) in [5.41, 5.74) is 4.18. The Kier molecular flexibility index (Phi) is 5.46. The zero-order chi connectivity index (χ0) is 20.2. The molecule has 2 N–H and O–H groups in total. The Morgan fingerprint density at radius 1 is 1.10 bits per heavy atom. The number of aryl methyl sites for hydroxylation is 1. The number of nitrogens with one attached hydrogen (secondary N) is 2. The molecule has 0 radical (unpaired) electrons. The van der Waals surface area contributed by atoms with Crippen molar-refractivity contribution in [3.05, 3.63) is 72.0 Å². The molecule has 0 fully saturated rings. The molecule has 144 valence electrons. The maximum atomic E-state index is 12.2. The maximum Gasteiger partial charge on any atom is 0.250 e. The molecule has 0 spiro atoms. The summed E-state index contributed by atoms with van der Waals surface area (Å²) in [5.74, 6) is 0.955. The number of amides is 1. The van der Waals surface area contributed by atoms with Gasteiger partial charge in [0.2, 0.25) is 5.91 Å². The molecule has 0 bridgehead atoms. The third-order valence-electron chi connectivity index (χ3n) is 4.20. The van der Waals surface area contributed by atoms with Gasteiger partial charge in [-0.05, 0) is 49.0 Å². The van der Waals surface area contributed by atoms with Crippen LogP contribution in [0.3, 0.4) is 0 Å². The molecule has 0 aliphatic rings. The molecule has 2 heterocycles. The SMILES string of the molecule is Cc1ccc2nsnc2c1NC(=S)NC(=O)/C=C/c1ccc(-c2ccccc2)o1. The average Bonchev–Trinajstić information content (AvgIpc) is 3.39. The van der Waals surface area contributed by atoms with Gasteiger partial charge < -0.3 is 9.73 Å². The standard InChI is InChI=1S/C21H16N4O2S2/c1-13-7-10-16-20(25-29-24-16)19(13)23-21(28)22-18(26)12-9-15-8-11-17(27-15)14-5-3-2-4-6-14/h2-12H,1H3,(H2,22,23,26,28)/b12-9+. The number of thiocarbonyl (C=S) groups is 1. The van der Waals surface area contributed by atoms with E-state index < -0.39 is 0 Å². The Bertz CT molecular complexity index is 1210. The molecule has 1 amide bonds. The Hall–Kier alpha value is -3.36. The molecule has 0 unspecified atom stereocenters. The number of carbonyl (C=O) groups excluding carboxylic acids is 1. The Labute approximate surface area is 176 Å². The Morgan fingerprint density at radius 3 is 2.76 bits per heavy atom. The summed E-state index contributed by atoms with van der Waals surface area (Å²) in [5, 5.41) is 5.86. The van der Waals surface area contributed by atoms with E-state index in [0.29, 0.717) is 5.76 Å². The van der Waals surface area contributed by atoms with Gasteiger partial charge in [0.05, 0.1) is 17.4 Å². The topological polar surface area (TPSA) is 80.0 Å². The van der Waals surface area contributed by atoms with Crippen molar-refractivity contribution in [1.29, 1.82) is 0 Å². The summed E-state index contributed by atoms with van der Waals surface area (Å²) in [6, 6.07) is 17.3. The van der Waals surface area contributed by atoms with Gasteiger partial charge >= 0.3 is 0 Å². The lowest BCUT2D eigenvalue weighted by molar-refractivity contribution is -0.115. The number of carbonyl (C=O) groups is 1. The van der Waals surface area contributed by atoms with Gasteiger partial charge in [0.15, 0.2) is 5.11 Å².